The summed E-state index contributed by atoms with van der Waals surface area (Å²) in [5.74, 6) is 1.69. The van der Waals surface area contributed by atoms with Crippen molar-refractivity contribution in [1.82, 2.24) is 29.6 Å². The molecule has 3 aromatic rings. The van der Waals surface area contributed by atoms with Gasteiger partial charge >= 0.3 is 0 Å². The van der Waals surface area contributed by atoms with Crippen LogP contribution in [0.2, 0.25) is 0 Å². The van der Waals surface area contributed by atoms with Crippen molar-refractivity contribution >= 4 is 0 Å². The van der Waals surface area contributed by atoms with E-state index in [2.05, 4.69) is 38.1 Å². The van der Waals surface area contributed by atoms with Gasteiger partial charge in [0.05, 0.1) is 11.9 Å². The smallest absolute Gasteiger partial charge is 0.241 e. The monoisotopic (exact) mass is 378 g/mol. The molecule has 28 heavy (non-hydrogen) atoms. The Hall–Kier alpha value is -2.80. The van der Waals surface area contributed by atoms with E-state index in [9.17, 15) is 0 Å². The van der Waals surface area contributed by atoms with E-state index in [0.717, 1.165) is 56.2 Å². The summed E-state index contributed by atoms with van der Waals surface area (Å²) in [4.78, 5) is 15.8. The minimum Gasteiger partial charge on any atom is -0.435 e. The zero-order valence-corrected chi connectivity index (χ0v) is 16.5. The first-order chi connectivity index (χ1) is 13.7. The van der Waals surface area contributed by atoms with Crippen molar-refractivity contribution < 1.29 is 4.74 Å². The number of hydrogen-bond donors (Lipinski definition) is 0. The molecule has 1 saturated heterocycles. The lowest BCUT2D eigenvalue weighted by atomic mass is 9.93. The van der Waals surface area contributed by atoms with E-state index in [4.69, 9.17) is 4.74 Å². The number of rotatable bonds is 6. The third-order valence-corrected chi connectivity index (χ3v) is 5.25. The maximum Gasteiger partial charge on any atom is 0.241 e. The SMILES string of the molecule is CCn1cc(CN2CCC(c3nccnc3Oc3cccnc3C)CC2)cn1. The van der Waals surface area contributed by atoms with Crippen LogP contribution in [0.1, 0.15) is 42.6 Å². The average Bonchev–Trinajstić information content (AvgIpc) is 3.18. The summed E-state index contributed by atoms with van der Waals surface area (Å²) in [6.45, 7) is 7.97. The van der Waals surface area contributed by atoms with Crippen LogP contribution in [-0.4, -0.2) is 42.7 Å². The van der Waals surface area contributed by atoms with Crippen molar-refractivity contribution in [2.45, 2.75) is 45.7 Å². The molecule has 0 radical (unpaired) electrons. The van der Waals surface area contributed by atoms with Gasteiger partial charge < -0.3 is 4.74 Å². The van der Waals surface area contributed by atoms with Crippen LogP contribution in [0.3, 0.4) is 0 Å². The Kier molecular flexibility index (Phi) is 5.62. The van der Waals surface area contributed by atoms with Crippen LogP contribution in [-0.2, 0) is 13.1 Å². The molecule has 0 saturated carbocycles. The zero-order chi connectivity index (χ0) is 19.3. The zero-order valence-electron chi connectivity index (χ0n) is 16.5. The number of ether oxygens (including phenoxy) is 1. The third kappa shape index (κ3) is 4.20. The average molecular weight is 378 g/mol. The number of aromatic nitrogens is 5. The number of likely N-dealkylation sites (tertiary alicyclic amines) is 1. The first kappa shape index (κ1) is 18.6. The number of hydrogen-bond acceptors (Lipinski definition) is 6. The van der Waals surface area contributed by atoms with Crippen LogP contribution in [0.25, 0.3) is 0 Å². The Bertz CT molecular complexity index is 917. The molecule has 0 aliphatic carbocycles. The summed E-state index contributed by atoms with van der Waals surface area (Å²) in [7, 11) is 0. The standard InChI is InChI=1S/C21H26N6O/c1-3-27-15-17(13-25-27)14-26-11-6-18(7-12-26)20-21(24-10-9-23-20)28-19-5-4-8-22-16(19)2/h4-5,8-10,13,15,18H,3,6-7,11-12,14H2,1-2H3. The molecule has 0 N–H and O–H groups in total. The topological polar surface area (TPSA) is 69.0 Å². The predicted octanol–water partition coefficient (Wildman–Crippen LogP) is 3.57. The molecule has 0 amide bonds. The van der Waals surface area contributed by atoms with Gasteiger partial charge in [-0.15, -0.1) is 0 Å². The highest BCUT2D eigenvalue weighted by Gasteiger charge is 2.25. The third-order valence-electron chi connectivity index (χ3n) is 5.25. The molecular weight excluding hydrogens is 352 g/mol. The molecule has 0 spiro atoms. The van der Waals surface area contributed by atoms with Gasteiger partial charge in [-0.05, 0) is 51.9 Å². The molecular formula is C21H26N6O. The van der Waals surface area contributed by atoms with Crippen LogP contribution in [0.4, 0.5) is 0 Å². The van der Waals surface area contributed by atoms with E-state index < -0.39 is 0 Å². The number of nitrogens with zero attached hydrogens (tertiary/aromatic N) is 6. The van der Waals surface area contributed by atoms with Crippen LogP contribution in [0.5, 0.6) is 11.6 Å². The summed E-state index contributed by atoms with van der Waals surface area (Å²) >= 11 is 0. The first-order valence-corrected chi connectivity index (χ1v) is 9.87. The highest BCUT2D eigenvalue weighted by Crippen LogP contribution is 2.34. The van der Waals surface area contributed by atoms with Crippen LogP contribution >= 0.6 is 0 Å². The molecule has 1 aliphatic heterocycles. The fourth-order valence-electron chi connectivity index (χ4n) is 3.66. The summed E-state index contributed by atoms with van der Waals surface area (Å²) in [6, 6.07) is 3.79. The lowest BCUT2D eigenvalue weighted by Crippen LogP contribution is -2.32. The second-order valence-electron chi connectivity index (χ2n) is 7.19. The summed E-state index contributed by atoms with van der Waals surface area (Å²) in [5, 5.41) is 4.37. The Balaban J connectivity index is 1.41. The molecule has 3 aromatic heterocycles. The maximum atomic E-state index is 6.07. The largest absolute Gasteiger partial charge is 0.435 e. The molecule has 7 heteroatoms. The van der Waals surface area contributed by atoms with E-state index in [0.29, 0.717) is 11.8 Å². The molecule has 4 rings (SSSR count). The second kappa shape index (κ2) is 8.48. The lowest BCUT2D eigenvalue weighted by Gasteiger charge is -2.31. The second-order valence-corrected chi connectivity index (χ2v) is 7.19. The van der Waals surface area contributed by atoms with E-state index in [-0.39, 0.29) is 0 Å². The van der Waals surface area contributed by atoms with Gasteiger partial charge in [0.1, 0.15) is 5.69 Å². The predicted molar refractivity (Wildman–Crippen MR) is 106 cm³/mol. The van der Waals surface area contributed by atoms with Crippen molar-refractivity contribution in [3.63, 3.8) is 0 Å². The van der Waals surface area contributed by atoms with E-state index in [1.165, 1.54) is 5.56 Å². The number of piperidine rings is 1. The van der Waals surface area contributed by atoms with Gasteiger partial charge in [-0.3, -0.25) is 19.5 Å². The van der Waals surface area contributed by atoms with Gasteiger partial charge in [0, 0.05) is 49.4 Å². The van der Waals surface area contributed by atoms with Crippen molar-refractivity contribution in [2.24, 2.45) is 0 Å². The van der Waals surface area contributed by atoms with Gasteiger partial charge in [-0.25, -0.2) is 4.98 Å². The first-order valence-electron chi connectivity index (χ1n) is 9.87. The van der Waals surface area contributed by atoms with Gasteiger partial charge in [0.25, 0.3) is 0 Å². The molecule has 1 aliphatic rings. The summed E-state index contributed by atoms with van der Waals surface area (Å²) < 4.78 is 8.05. The van der Waals surface area contributed by atoms with Crippen molar-refractivity contribution in [3.8, 4) is 11.6 Å². The van der Waals surface area contributed by atoms with Gasteiger partial charge in [0.15, 0.2) is 5.75 Å². The van der Waals surface area contributed by atoms with Crippen LogP contribution < -0.4 is 4.74 Å². The minimum absolute atomic E-state index is 0.357. The molecule has 0 aromatic carbocycles. The van der Waals surface area contributed by atoms with E-state index in [1.807, 2.05) is 29.9 Å². The van der Waals surface area contributed by atoms with Crippen molar-refractivity contribution in [2.75, 3.05) is 13.1 Å². The Morgan fingerprint density at radius 1 is 1.11 bits per heavy atom. The number of aryl methyl sites for hydroxylation is 2. The molecule has 0 unspecified atom stereocenters. The van der Waals surface area contributed by atoms with Gasteiger partial charge in [-0.1, -0.05) is 0 Å². The minimum atomic E-state index is 0.357. The molecule has 7 nitrogen and oxygen atoms in total. The Labute approximate surface area is 165 Å². The Morgan fingerprint density at radius 2 is 1.93 bits per heavy atom. The van der Waals surface area contributed by atoms with Gasteiger partial charge in [-0.2, -0.15) is 5.10 Å². The highest BCUT2D eigenvalue weighted by molar-refractivity contribution is 5.33. The van der Waals surface area contributed by atoms with E-state index in [1.54, 1.807) is 18.6 Å². The van der Waals surface area contributed by atoms with Crippen LogP contribution in [0, 0.1) is 6.92 Å². The normalized spacial score (nSPS) is 15.6. The number of pyridine rings is 1. The highest BCUT2D eigenvalue weighted by atomic mass is 16.5. The summed E-state index contributed by atoms with van der Waals surface area (Å²) in [6.07, 6.45) is 11.4. The molecule has 146 valence electrons. The fourth-order valence-corrected chi connectivity index (χ4v) is 3.66. The van der Waals surface area contributed by atoms with Gasteiger partial charge in [0.2, 0.25) is 5.88 Å². The Morgan fingerprint density at radius 3 is 2.68 bits per heavy atom. The molecule has 0 atom stereocenters. The fraction of sp³-hybridized carbons (Fsp3) is 0.429. The summed E-state index contributed by atoms with van der Waals surface area (Å²) in [5.41, 5.74) is 3.07. The lowest BCUT2D eigenvalue weighted by molar-refractivity contribution is 0.201. The van der Waals surface area contributed by atoms with Crippen molar-refractivity contribution in [3.05, 3.63) is 60.1 Å². The molecule has 0 bridgehead atoms. The van der Waals surface area contributed by atoms with Crippen molar-refractivity contribution in [1.29, 1.82) is 0 Å². The van der Waals surface area contributed by atoms with Crippen LogP contribution in [0.15, 0.2) is 43.1 Å². The van der Waals surface area contributed by atoms with E-state index >= 15 is 0 Å². The molecule has 4 heterocycles. The maximum absolute atomic E-state index is 6.07. The quantitative estimate of drug-likeness (QED) is 0.653. The molecule has 1 fully saturated rings.